The Morgan fingerprint density at radius 2 is 1.15 bits per heavy atom. The first-order valence-electron chi connectivity index (χ1n) is 14.5. The second kappa shape index (κ2) is 17.2. The summed E-state index contributed by atoms with van der Waals surface area (Å²) in [4.78, 5) is 31.7. The summed E-state index contributed by atoms with van der Waals surface area (Å²) in [5.74, 6) is 1.69. The van der Waals surface area contributed by atoms with Gasteiger partial charge in [0.1, 0.15) is 16.5 Å². The molecule has 0 amide bonds. The summed E-state index contributed by atoms with van der Waals surface area (Å²) < 4.78 is 10.6. The van der Waals surface area contributed by atoms with Gasteiger partial charge in [-0.05, 0) is 61.8 Å². The van der Waals surface area contributed by atoms with Crippen molar-refractivity contribution in [2.75, 3.05) is 20.0 Å². The van der Waals surface area contributed by atoms with Gasteiger partial charge in [0.25, 0.3) is 5.24 Å². The van der Waals surface area contributed by atoms with Crippen LogP contribution in [0, 0.1) is 13.8 Å². The number of carbonyl (C=O) groups is 2. The second-order valence-corrected chi connectivity index (χ2v) is 12.4. The van der Waals surface area contributed by atoms with Crippen LogP contribution in [0.2, 0.25) is 0 Å². The number of hydrogen-bond donors (Lipinski definition) is 1. The van der Waals surface area contributed by atoms with E-state index in [1.165, 1.54) is 22.7 Å². The van der Waals surface area contributed by atoms with Crippen LogP contribution in [0.4, 0.5) is 5.13 Å². The van der Waals surface area contributed by atoms with Crippen molar-refractivity contribution in [3.8, 4) is 34.0 Å². The van der Waals surface area contributed by atoms with E-state index in [1.54, 1.807) is 26.4 Å². The molecule has 47 heavy (non-hydrogen) atoms. The van der Waals surface area contributed by atoms with Crippen molar-refractivity contribution in [3.63, 3.8) is 0 Å². The minimum Gasteiger partial charge on any atom is -0.496 e. The van der Waals surface area contributed by atoms with Crippen LogP contribution in [-0.4, -0.2) is 35.2 Å². The molecule has 240 valence electrons. The quantitative estimate of drug-likeness (QED) is 0.126. The van der Waals surface area contributed by atoms with Crippen LogP contribution >= 0.6 is 34.3 Å². The Morgan fingerprint density at radius 1 is 0.681 bits per heavy atom. The molecule has 6 rings (SSSR count). The number of ether oxygens (including phenoxy) is 2. The number of carbonyl (C=O) groups excluding carboxylic acids is 2. The molecule has 2 aromatic heterocycles. The summed E-state index contributed by atoms with van der Waals surface area (Å²) in [7, 11) is 3.29. The summed E-state index contributed by atoms with van der Waals surface area (Å²) in [6.45, 7) is 3.97. The number of Topliss-reactive ketones (excluding diaryl/α,β-unsaturated/α-hetero) is 1. The van der Waals surface area contributed by atoms with E-state index in [4.69, 9.17) is 26.8 Å². The largest absolute Gasteiger partial charge is 0.496 e. The van der Waals surface area contributed by atoms with Gasteiger partial charge in [0, 0.05) is 33.0 Å². The first-order chi connectivity index (χ1) is 22.7. The van der Waals surface area contributed by atoms with Crippen molar-refractivity contribution in [2.24, 2.45) is 0 Å². The number of aryl methyl sites for hydroxylation is 2. The van der Waals surface area contributed by atoms with E-state index < -0.39 is 5.24 Å². The number of nitrogens with zero attached hydrogens (tertiary/aromatic N) is 2. The lowest BCUT2D eigenvalue weighted by molar-refractivity contribution is 0.0992. The van der Waals surface area contributed by atoms with Crippen molar-refractivity contribution in [1.82, 2.24) is 9.97 Å². The normalized spacial score (nSPS) is 10.1. The molecule has 0 spiro atoms. The number of rotatable bonds is 8. The maximum Gasteiger partial charge on any atom is 0.252 e. The molecule has 7 nitrogen and oxygen atoms in total. The maximum absolute atomic E-state index is 12.3. The average molecular weight is 684 g/mol. The Labute approximate surface area is 287 Å². The van der Waals surface area contributed by atoms with Gasteiger partial charge in [-0.25, -0.2) is 9.97 Å². The predicted octanol–water partition coefficient (Wildman–Crippen LogP) is 9.33. The molecule has 0 saturated heterocycles. The highest BCUT2D eigenvalue weighted by Crippen LogP contribution is 2.32. The Kier molecular flexibility index (Phi) is 12.8. The zero-order valence-corrected chi connectivity index (χ0v) is 28.8. The lowest BCUT2D eigenvalue weighted by Gasteiger charge is -2.04. The van der Waals surface area contributed by atoms with E-state index in [2.05, 4.69) is 9.97 Å². The standard InChI is InChI=1S/C19H17NO2S.C10H10N2OS.C8H7ClO/c1-13-7-9-14(10-8-13)17(21)11-19-20-16(12-23-19)15-5-3-4-6-18(15)22-2;1-13-9-5-3-2-4-7(9)8-6-14-10(11)12-8;1-6-2-4-7(5-3-6)8(9)10/h3-10,12H,11H2,1-2H3;2-6H,1H3,(H2,11,12);2-5H,1H3. The van der Waals surface area contributed by atoms with Gasteiger partial charge < -0.3 is 15.2 Å². The Morgan fingerprint density at radius 3 is 1.62 bits per heavy atom. The van der Waals surface area contributed by atoms with Crippen molar-refractivity contribution < 1.29 is 19.1 Å². The van der Waals surface area contributed by atoms with E-state index in [0.29, 0.717) is 17.1 Å². The van der Waals surface area contributed by atoms with Crippen molar-refractivity contribution in [3.05, 3.63) is 135 Å². The number of benzene rings is 4. The topological polar surface area (TPSA) is 104 Å². The smallest absolute Gasteiger partial charge is 0.252 e. The van der Waals surface area contributed by atoms with E-state index >= 15 is 0 Å². The Bertz CT molecular complexity index is 1920. The lowest BCUT2D eigenvalue weighted by atomic mass is 10.1. The van der Waals surface area contributed by atoms with Crippen molar-refractivity contribution >= 4 is 50.4 Å². The SMILES string of the molecule is COc1ccccc1-c1csc(CC(=O)c2ccc(C)cc2)n1.COc1ccccc1-c1csc(N)n1.Cc1ccc(C(=O)Cl)cc1. The van der Waals surface area contributed by atoms with Crippen LogP contribution in [0.25, 0.3) is 22.5 Å². The fourth-order valence-electron chi connectivity index (χ4n) is 4.30. The number of hydrogen-bond acceptors (Lipinski definition) is 9. The predicted molar refractivity (Wildman–Crippen MR) is 193 cm³/mol. The molecule has 2 heterocycles. The Hall–Kier alpha value is -4.83. The summed E-state index contributed by atoms with van der Waals surface area (Å²) in [6, 6.07) is 30.3. The summed E-state index contributed by atoms with van der Waals surface area (Å²) >= 11 is 8.15. The van der Waals surface area contributed by atoms with Crippen LogP contribution in [0.1, 0.15) is 36.9 Å². The fraction of sp³-hybridized carbons (Fsp3) is 0.135. The van der Waals surface area contributed by atoms with E-state index in [0.717, 1.165) is 55.7 Å². The summed E-state index contributed by atoms with van der Waals surface area (Å²) in [5, 5.41) is 4.88. The number of anilines is 1. The first kappa shape index (κ1) is 35.0. The molecule has 10 heteroatoms. The molecule has 0 aliphatic heterocycles. The van der Waals surface area contributed by atoms with Gasteiger partial charge in [-0.1, -0.05) is 71.8 Å². The molecule has 0 bridgehead atoms. The molecule has 0 fully saturated rings. The third-order valence-corrected chi connectivity index (χ3v) is 8.54. The van der Waals surface area contributed by atoms with Gasteiger partial charge in [-0.15, -0.1) is 22.7 Å². The van der Waals surface area contributed by atoms with E-state index in [-0.39, 0.29) is 5.78 Å². The molecular weight excluding hydrogens is 650 g/mol. The lowest BCUT2D eigenvalue weighted by Crippen LogP contribution is -2.03. The fourth-order valence-corrected chi connectivity index (χ4v) is 5.78. The molecule has 4 aromatic carbocycles. The molecule has 0 radical (unpaired) electrons. The third kappa shape index (κ3) is 10.1. The molecule has 2 N–H and O–H groups in total. The Balaban J connectivity index is 0.000000177. The van der Waals surface area contributed by atoms with Crippen LogP contribution in [0.5, 0.6) is 11.5 Å². The van der Waals surface area contributed by atoms with Gasteiger partial charge in [0.05, 0.1) is 32.0 Å². The molecular formula is C37H34ClN3O4S2. The first-order valence-corrected chi connectivity index (χ1v) is 16.6. The van der Waals surface area contributed by atoms with Gasteiger partial charge in [0.15, 0.2) is 10.9 Å². The molecule has 0 unspecified atom stereocenters. The molecule has 0 saturated carbocycles. The maximum atomic E-state index is 12.3. The van der Waals surface area contributed by atoms with Crippen molar-refractivity contribution in [1.29, 1.82) is 0 Å². The van der Waals surface area contributed by atoms with Crippen LogP contribution < -0.4 is 15.2 Å². The third-order valence-electron chi connectivity index (χ3n) is 6.80. The number of para-hydroxylation sites is 2. The average Bonchev–Trinajstić information content (AvgIpc) is 3.74. The number of nitrogen functional groups attached to an aromatic ring is 1. The zero-order chi connectivity index (χ0) is 33.8. The number of methoxy groups -OCH3 is 2. The number of halogens is 1. The number of ketones is 1. The highest BCUT2D eigenvalue weighted by atomic mass is 35.5. The van der Waals surface area contributed by atoms with Gasteiger partial charge >= 0.3 is 0 Å². The highest BCUT2D eigenvalue weighted by Gasteiger charge is 2.13. The number of nitrogens with two attached hydrogens (primary N) is 1. The minimum absolute atomic E-state index is 0.0888. The van der Waals surface area contributed by atoms with Gasteiger partial charge in [0.2, 0.25) is 0 Å². The van der Waals surface area contributed by atoms with Crippen LogP contribution in [0.15, 0.2) is 108 Å². The number of thiazole rings is 2. The zero-order valence-electron chi connectivity index (χ0n) is 26.4. The molecule has 0 aliphatic rings. The second-order valence-electron chi connectivity index (χ2n) is 10.2. The molecule has 0 atom stereocenters. The summed E-state index contributed by atoms with van der Waals surface area (Å²) in [5.41, 5.74) is 12.8. The van der Waals surface area contributed by atoms with Crippen LogP contribution in [0.3, 0.4) is 0 Å². The number of aromatic nitrogens is 2. The molecule has 6 aromatic rings. The van der Waals surface area contributed by atoms with Crippen LogP contribution in [-0.2, 0) is 6.42 Å². The van der Waals surface area contributed by atoms with Crippen molar-refractivity contribution in [2.45, 2.75) is 20.3 Å². The van der Waals surface area contributed by atoms with E-state index in [9.17, 15) is 9.59 Å². The van der Waals surface area contributed by atoms with E-state index in [1.807, 2.05) is 110 Å². The highest BCUT2D eigenvalue weighted by molar-refractivity contribution is 7.13. The minimum atomic E-state index is -0.403. The summed E-state index contributed by atoms with van der Waals surface area (Å²) in [6.07, 6.45) is 0.322. The van der Waals surface area contributed by atoms with Gasteiger partial charge in [-0.3, -0.25) is 9.59 Å². The molecule has 0 aliphatic carbocycles. The monoisotopic (exact) mass is 683 g/mol. The van der Waals surface area contributed by atoms with Gasteiger partial charge in [-0.2, -0.15) is 0 Å².